The van der Waals surface area contributed by atoms with Crippen LogP contribution in [-0.4, -0.2) is 51.0 Å². The van der Waals surface area contributed by atoms with Gasteiger partial charge in [-0.05, 0) is 44.6 Å². The van der Waals surface area contributed by atoms with Crippen molar-refractivity contribution < 1.29 is 8.42 Å². The number of hydrogen-bond acceptors (Lipinski definition) is 5. The first-order valence-corrected chi connectivity index (χ1v) is 9.76. The third kappa shape index (κ3) is 5.50. The van der Waals surface area contributed by atoms with Crippen molar-refractivity contribution in [3.05, 3.63) is 24.3 Å². The second kappa shape index (κ2) is 7.49. The number of nitrogens with one attached hydrogen (secondary N) is 1. The molecular formula is C14H23N3O2S2. The second-order valence-corrected chi connectivity index (χ2v) is 8.46. The topological polar surface area (TPSA) is 75.4 Å². The number of rotatable bonds is 7. The maximum Gasteiger partial charge on any atom is 0.212 e. The number of likely N-dealkylation sites (tertiary alicyclic amines) is 1. The van der Waals surface area contributed by atoms with Crippen molar-refractivity contribution in [2.75, 3.05) is 37.4 Å². The molecule has 0 bridgehead atoms. The van der Waals surface area contributed by atoms with E-state index in [1.165, 1.54) is 11.8 Å². The third-order valence-electron chi connectivity index (χ3n) is 3.69. The van der Waals surface area contributed by atoms with E-state index in [2.05, 4.69) is 9.62 Å². The Morgan fingerprint density at radius 3 is 2.95 bits per heavy atom. The van der Waals surface area contributed by atoms with Crippen molar-refractivity contribution in [3.63, 3.8) is 0 Å². The van der Waals surface area contributed by atoms with Gasteiger partial charge in [0, 0.05) is 28.9 Å². The standard InChI is InChI=1S/C14H23N3O2S2/c1-17-7-3-5-13(17)11-16-21(18,19)9-8-20-14-6-2-4-12(15)10-14/h2,4,6,10,13,16H,3,5,7-9,11,15H2,1H3. The Morgan fingerprint density at radius 2 is 2.29 bits per heavy atom. The van der Waals surface area contributed by atoms with Crippen LogP contribution in [0, 0.1) is 0 Å². The predicted octanol–water partition coefficient (Wildman–Crippen LogP) is 1.37. The van der Waals surface area contributed by atoms with Crippen LogP contribution in [0.5, 0.6) is 0 Å². The number of benzene rings is 1. The van der Waals surface area contributed by atoms with Gasteiger partial charge in [-0.1, -0.05) is 6.07 Å². The smallest absolute Gasteiger partial charge is 0.212 e. The van der Waals surface area contributed by atoms with Crippen molar-refractivity contribution in [1.29, 1.82) is 0 Å². The first-order chi connectivity index (χ1) is 9.96. The Bertz CT molecular complexity index is 563. The average Bonchev–Trinajstić information content (AvgIpc) is 2.82. The Kier molecular flexibility index (Phi) is 5.92. The van der Waals surface area contributed by atoms with E-state index < -0.39 is 10.0 Å². The molecule has 1 aromatic rings. The summed E-state index contributed by atoms with van der Waals surface area (Å²) < 4.78 is 26.7. The van der Waals surface area contributed by atoms with E-state index in [1.807, 2.05) is 31.3 Å². The zero-order valence-electron chi connectivity index (χ0n) is 12.3. The molecule has 1 aliphatic heterocycles. The molecule has 1 fully saturated rings. The van der Waals surface area contributed by atoms with Gasteiger partial charge in [-0.15, -0.1) is 11.8 Å². The molecular weight excluding hydrogens is 306 g/mol. The maximum atomic E-state index is 12.0. The van der Waals surface area contributed by atoms with E-state index in [-0.39, 0.29) is 5.75 Å². The van der Waals surface area contributed by atoms with Crippen LogP contribution >= 0.6 is 11.8 Å². The molecule has 1 heterocycles. The highest BCUT2D eigenvalue weighted by Crippen LogP contribution is 2.20. The van der Waals surface area contributed by atoms with Crippen LogP contribution in [0.4, 0.5) is 5.69 Å². The molecule has 21 heavy (non-hydrogen) atoms. The van der Waals surface area contributed by atoms with Crippen molar-refractivity contribution in [2.24, 2.45) is 0 Å². The van der Waals surface area contributed by atoms with Crippen molar-refractivity contribution in [1.82, 2.24) is 9.62 Å². The molecule has 0 saturated carbocycles. The van der Waals surface area contributed by atoms with Crippen LogP contribution in [0.25, 0.3) is 0 Å². The molecule has 0 radical (unpaired) electrons. The van der Waals surface area contributed by atoms with Gasteiger partial charge in [0.25, 0.3) is 0 Å². The minimum Gasteiger partial charge on any atom is -0.399 e. The van der Waals surface area contributed by atoms with Crippen LogP contribution < -0.4 is 10.5 Å². The lowest BCUT2D eigenvalue weighted by Crippen LogP contribution is -2.39. The lowest BCUT2D eigenvalue weighted by molar-refractivity contribution is 0.311. The van der Waals surface area contributed by atoms with E-state index in [4.69, 9.17) is 5.73 Å². The van der Waals surface area contributed by atoms with Gasteiger partial charge in [0.1, 0.15) is 0 Å². The van der Waals surface area contributed by atoms with Crippen molar-refractivity contribution in [3.8, 4) is 0 Å². The quantitative estimate of drug-likeness (QED) is 0.584. The summed E-state index contributed by atoms with van der Waals surface area (Å²) in [6.07, 6.45) is 2.21. The Balaban J connectivity index is 1.73. The molecule has 7 heteroatoms. The average molecular weight is 329 g/mol. The highest BCUT2D eigenvalue weighted by atomic mass is 32.2. The summed E-state index contributed by atoms with van der Waals surface area (Å²) in [6.45, 7) is 1.57. The highest BCUT2D eigenvalue weighted by Gasteiger charge is 2.22. The molecule has 0 spiro atoms. The molecule has 0 aromatic heterocycles. The summed E-state index contributed by atoms with van der Waals surface area (Å²) in [7, 11) is -1.16. The van der Waals surface area contributed by atoms with Gasteiger partial charge >= 0.3 is 0 Å². The van der Waals surface area contributed by atoms with E-state index in [0.29, 0.717) is 24.0 Å². The number of likely N-dealkylation sites (N-methyl/N-ethyl adjacent to an activating group) is 1. The third-order valence-corrected chi connectivity index (χ3v) is 6.29. The summed E-state index contributed by atoms with van der Waals surface area (Å²) in [4.78, 5) is 3.21. The molecule has 1 aromatic carbocycles. The lowest BCUT2D eigenvalue weighted by Gasteiger charge is -2.19. The molecule has 0 amide bonds. The number of sulfonamides is 1. The molecule has 0 aliphatic carbocycles. The number of hydrogen-bond donors (Lipinski definition) is 2. The summed E-state index contributed by atoms with van der Waals surface area (Å²) in [6, 6.07) is 7.83. The molecule has 1 saturated heterocycles. The zero-order chi connectivity index (χ0) is 15.3. The predicted molar refractivity (Wildman–Crippen MR) is 89.0 cm³/mol. The van der Waals surface area contributed by atoms with Crippen LogP contribution in [0.1, 0.15) is 12.8 Å². The Morgan fingerprint density at radius 1 is 1.48 bits per heavy atom. The summed E-state index contributed by atoms with van der Waals surface area (Å²) in [5, 5.41) is 0. The molecule has 3 N–H and O–H groups in total. The molecule has 1 unspecified atom stereocenters. The number of thioether (sulfide) groups is 1. The van der Waals surface area contributed by atoms with Crippen molar-refractivity contribution >= 4 is 27.5 Å². The number of nitrogens with zero attached hydrogens (tertiary/aromatic N) is 1. The number of nitrogens with two attached hydrogens (primary N) is 1. The van der Waals surface area contributed by atoms with Gasteiger partial charge in [-0.2, -0.15) is 0 Å². The Hall–Kier alpha value is -0.760. The van der Waals surface area contributed by atoms with E-state index in [9.17, 15) is 8.42 Å². The summed E-state index contributed by atoms with van der Waals surface area (Å²) >= 11 is 1.51. The maximum absolute atomic E-state index is 12.0. The fourth-order valence-corrected chi connectivity index (χ4v) is 4.84. The molecule has 1 atom stereocenters. The Labute approximate surface area is 131 Å². The first kappa shape index (κ1) is 16.6. The number of anilines is 1. The monoisotopic (exact) mass is 329 g/mol. The first-order valence-electron chi connectivity index (χ1n) is 7.12. The van der Waals surface area contributed by atoms with Gasteiger partial charge in [0.2, 0.25) is 10.0 Å². The summed E-state index contributed by atoms with van der Waals surface area (Å²) in [5.74, 6) is 0.655. The van der Waals surface area contributed by atoms with E-state index in [1.54, 1.807) is 0 Å². The molecule has 118 valence electrons. The largest absolute Gasteiger partial charge is 0.399 e. The van der Waals surface area contributed by atoms with Gasteiger partial charge in [0.05, 0.1) is 5.75 Å². The van der Waals surface area contributed by atoms with Gasteiger partial charge in [-0.3, -0.25) is 0 Å². The second-order valence-electron chi connectivity index (χ2n) is 5.36. The minimum atomic E-state index is -3.20. The van der Waals surface area contributed by atoms with Crippen LogP contribution in [0.15, 0.2) is 29.2 Å². The number of nitrogen functional groups attached to an aromatic ring is 1. The lowest BCUT2D eigenvalue weighted by atomic mass is 10.2. The fraction of sp³-hybridized carbons (Fsp3) is 0.571. The van der Waals surface area contributed by atoms with Gasteiger partial charge in [0.15, 0.2) is 0 Å². The fourth-order valence-electron chi connectivity index (χ4n) is 2.41. The van der Waals surface area contributed by atoms with Crippen LogP contribution in [0.2, 0.25) is 0 Å². The SMILES string of the molecule is CN1CCCC1CNS(=O)(=O)CCSc1cccc(N)c1. The summed E-state index contributed by atoms with van der Waals surface area (Å²) in [5.41, 5.74) is 6.40. The van der Waals surface area contributed by atoms with Crippen LogP contribution in [0.3, 0.4) is 0 Å². The van der Waals surface area contributed by atoms with Gasteiger partial charge < -0.3 is 10.6 Å². The molecule has 2 rings (SSSR count). The van der Waals surface area contributed by atoms with E-state index in [0.717, 1.165) is 24.3 Å². The molecule has 5 nitrogen and oxygen atoms in total. The normalized spacial score (nSPS) is 20.0. The van der Waals surface area contributed by atoms with E-state index >= 15 is 0 Å². The van der Waals surface area contributed by atoms with Gasteiger partial charge in [-0.25, -0.2) is 13.1 Å². The van der Waals surface area contributed by atoms with Crippen molar-refractivity contribution in [2.45, 2.75) is 23.8 Å². The minimum absolute atomic E-state index is 0.128. The highest BCUT2D eigenvalue weighted by molar-refractivity contribution is 8.00. The molecule has 1 aliphatic rings. The van der Waals surface area contributed by atoms with Crippen LogP contribution in [-0.2, 0) is 10.0 Å². The zero-order valence-corrected chi connectivity index (χ0v) is 13.9.